The van der Waals surface area contributed by atoms with E-state index in [0.717, 1.165) is 16.9 Å². The van der Waals surface area contributed by atoms with Gasteiger partial charge >= 0.3 is 12.1 Å². The molecule has 2 heterocycles. The molecule has 13 nitrogen and oxygen atoms in total. The van der Waals surface area contributed by atoms with Gasteiger partial charge in [-0.05, 0) is 67.5 Å². The summed E-state index contributed by atoms with van der Waals surface area (Å²) in [4.78, 5) is 65.3. The van der Waals surface area contributed by atoms with E-state index in [1.807, 2.05) is 30.3 Å². The molecule has 2 aliphatic rings. The van der Waals surface area contributed by atoms with Crippen LogP contribution >= 0.6 is 11.3 Å². The SMILES string of the molecule is CCOC(=O)c1ccc(OCCCC(=O)NCC(=O)N2[C@H]3C[C@@]3(C)C[C@H]2C(=O)NCc2cc(C(=N)NC(=O)OCc3ccccc3)cs2)cc1. The summed E-state index contributed by atoms with van der Waals surface area (Å²) in [7, 11) is 0. The highest BCUT2D eigenvalue weighted by molar-refractivity contribution is 7.10. The maximum Gasteiger partial charge on any atom is 0.413 e. The van der Waals surface area contributed by atoms with Crippen LogP contribution in [0.3, 0.4) is 0 Å². The Morgan fingerprint density at radius 2 is 1.74 bits per heavy atom. The van der Waals surface area contributed by atoms with E-state index in [4.69, 9.17) is 19.6 Å². The van der Waals surface area contributed by atoms with Crippen molar-refractivity contribution in [3.63, 3.8) is 0 Å². The third-order valence-electron chi connectivity index (χ3n) is 8.66. The fraction of sp³-hybridized carbons (Fsp3) is 0.389. The van der Waals surface area contributed by atoms with Crippen molar-refractivity contribution < 1.29 is 38.2 Å². The van der Waals surface area contributed by atoms with E-state index in [-0.39, 0.29) is 67.7 Å². The van der Waals surface area contributed by atoms with Gasteiger partial charge in [-0.25, -0.2) is 9.59 Å². The summed E-state index contributed by atoms with van der Waals surface area (Å²) in [5.74, 6) is -0.838. The lowest BCUT2D eigenvalue weighted by Gasteiger charge is -2.27. The zero-order valence-corrected chi connectivity index (χ0v) is 28.8. The van der Waals surface area contributed by atoms with Crippen LogP contribution in [-0.2, 0) is 37.0 Å². The number of amides is 4. The van der Waals surface area contributed by atoms with E-state index in [1.165, 1.54) is 11.3 Å². The van der Waals surface area contributed by atoms with Crippen LogP contribution in [-0.4, -0.2) is 72.4 Å². The number of ether oxygens (including phenoxy) is 3. The fourth-order valence-electron chi connectivity index (χ4n) is 5.87. The number of thiophene rings is 1. The Balaban J connectivity index is 1.02. The topological polar surface area (TPSA) is 176 Å². The molecule has 5 rings (SSSR count). The molecule has 0 radical (unpaired) electrons. The molecule has 0 bridgehead atoms. The zero-order valence-electron chi connectivity index (χ0n) is 28.0. The number of nitrogens with zero attached hydrogens (tertiary/aromatic N) is 1. The monoisotopic (exact) mass is 703 g/mol. The van der Waals surface area contributed by atoms with Gasteiger partial charge < -0.3 is 29.7 Å². The molecule has 2 aromatic carbocycles. The van der Waals surface area contributed by atoms with Crippen LogP contribution in [0.15, 0.2) is 66.0 Å². The van der Waals surface area contributed by atoms with E-state index in [2.05, 4.69) is 22.9 Å². The first kappa shape index (κ1) is 36.1. The number of fused-ring (bicyclic) bond motifs is 1. The van der Waals surface area contributed by atoms with Crippen LogP contribution in [0, 0.1) is 10.8 Å². The Morgan fingerprint density at radius 3 is 2.48 bits per heavy atom. The number of piperidine rings is 1. The molecule has 50 heavy (non-hydrogen) atoms. The first-order chi connectivity index (χ1) is 24.1. The van der Waals surface area contributed by atoms with Crippen molar-refractivity contribution in [1.82, 2.24) is 20.9 Å². The number of alkyl carbamates (subject to hydrolysis) is 1. The molecule has 14 heteroatoms. The number of amidine groups is 1. The van der Waals surface area contributed by atoms with Gasteiger partial charge in [0.15, 0.2) is 0 Å². The molecule has 4 N–H and O–H groups in total. The third kappa shape index (κ3) is 9.47. The summed E-state index contributed by atoms with van der Waals surface area (Å²) in [5, 5.41) is 17.9. The van der Waals surface area contributed by atoms with Gasteiger partial charge in [0.05, 0.1) is 31.9 Å². The highest BCUT2D eigenvalue weighted by Gasteiger charge is 2.64. The quantitative estimate of drug-likeness (QED) is 0.0790. The molecular formula is C36H41N5O8S. The number of likely N-dealkylation sites (tertiary alicyclic amines) is 1. The van der Waals surface area contributed by atoms with Crippen molar-refractivity contribution in [1.29, 1.82) is 5.41 Å². The zero-order chi connectivity index (χ0) is 35.7. The number of rotatable bonds is 15. The molecule has 2 fully saturated rings. The second-order valence-corrected chi connectivity index (χ2v) is 13.4. The number of carbonyl (C=O) groups excluding carboxylic acids is 5. The van der Waals surface area contributed by atoms with E-state index in [1.54, 1.807) is 47.5 Å². The van der Waals surface area contributed by atoms with Crippen molar-refractivity contribution in [3.05, 3.63) is 87.6 Å². The minimum absolute atomic E-state index is 0.0483. The van der Waals surface area contributed by atoms with E-state index in [0.29, 0.717) is 36.3 Å². The summed E-state index contributed by atoms with van der Waals surface area (Å²) in [6.45, 7) is 4.45. The number of hydrogen-bond donors (Lipinski definition) is 4. The van der Waals surface area contributed by atoms with E-state index >= 15 is 0 Å². The van der Waals surface area contributed by atoms with Crippen molar-refractivity contribution in [3.8, 4) is 5.75 Å². The molecule has 0 spiro atoms. The largest absolute Gasteiger partial charge is 0.494 e. The summed E-state index contributed by atoms with van der Waals surface area (Å²) in [5.41, 5.74) is 1.61. The van der Waals surface area contributed by atoms with Gasteiger partial charge in [-0.2, -0.15) is 0 Å². The van der Waals surface area contributed by atoms with Gasteiger partial charge in [-0.3, -0.25) is 25.1 Å². The van der Waals surface area contributed by atoms with Crippen molar-refractivity contribution >= 4 is 47.0 Å². The normalized spacial score (nSPS) is 18.7. The smallest absolute Gasteiger partial charge is 0.413 e. The molecule has 1 aliphatic carbocycles. The highest BCUT2D eigenvalue weighted by atomic mass is 32.1. The molecule has 4 amide bonds. The fourth-order valence-corrected chi connectivity index (χ4v) is 6.68. The number of benzene rings is 2. The standard InChI is InChI=1S/C36H41N5O8S/c1-3-47-34(45)24-11-13-26(14-12-24)48-15-7-10-30(42)38-20-31(43)41-28(17-36(2)18-29(36)41)33(44)39-19-27-16-25(22-50-27)32(37)40-35(46)49-21-23-8-5-4-6-9-23/h4-6,8-9,11-14,16,22,28-29H,3,7,10,15,17-21H2,1-2H3,(H,38,42)(H,39,44)(H2,37,40,46)/t28-,29-,36+/m0/s1. The summed E-state index contributed by atoms with van der Waals surface area (Å²) >= 11 is 1.33. The highest BCUT2D eigenvalue weighted by Crippen LogP contribution is 2.59. The lowest BCUT2D eigenvalue weighted by atomic mass is 10.0. The summed E-state index contributed by atoms with van der Waals surface area (Å²) < 4.78 is 15.8. The van der Waals surface area contributed by atoms with E-state index in [9.17, 15) is 24.0 Å². The Bertz CT molecular complexity index is 1710. The first-order valence-corrected chi connectivity index (χ1v) is 17.3. The first-order valence-electron chi connectivity index (χ1n) is 16.5. The van der Waals surface area contributed by atoms with Crippen LogP contribution < -0.4 is 20.7 Å². The van der Waals surface area contributed by atoms with Gasteiger partial charge in [-0.15, -0.1) is 11.3 Å². The molecule has 0 unspecified atom stereocenters. The Kier molecular flexibility index (Phi) is 11.9. The van der Waals surface area contributed by atoms with Gasteiger partial charge in [0.1, 0.15) is 24.2 Å². The minimum Gasteiger partial charge on any atom is -0.494 e. The van der Waals surface area contributed by atoms with Crippen molar-refractivity contribution in [2.75, 3.05) is 19.8 Å². The molecule has 1 saturated carbocycles. The molecule has 1 saturated heterocycles. The molecule has 264 valence electrons. The van der Waals surface area contributed by atoms with Crippen LogP contribution in [0.2, 0.25) is 0 Å². The lowest BCUT2D eigenvalue weighted by molar-refractivity contribution is -0.140. The van der Waals surface area contributed by atoms with Crippen LogP contribution in [0.1, 0.15) is 65.9 Å². The Labute approximate surface area is 294 Å². The second kappa shape index (κ2) is 16.4. The predicted molar refractivity (Wildman–Crippen MR) is 185 cm³/mol. The number of carbonyl (C=O) groups is 5. The molecular weight excluding hydrogens is 662 g/mol. The molecule has 1 aliphatic heterocycles. The molecule has 3 atom stereocenters. The van der Waals surface area contributed by atoms with Crippen LogP contribution in [0.25, 0.3) is 0 Å². The van der Waals surface area contributed by atoms with Crippen LogP contribution in [0.5, 0.6) is 5.75 Å². The van der Waals surface area contributed by atoms with Gasteiger partial charge in [-0.1, -0.05) is 37.3 Å². The van der Waals surface area contributed by atoms with Gasteiger partial charge in [0.2, 0.25) is 17.7 Å². The van der Waals surface area contributed by atoms with Crippen LogP contribution in [0.4, 0.5) is 4.79 Å². The maximum absolute atomic E-state index is 13.3. The summed E-state index contributed by atoms with van der Waals surface area (Å²) in [6.07, 6.45) is 1.19. The molecule has 1 aromatic heterocycles. The lowest BCUT2D eigenvalue weighted by Crippen LogP contribution is -2.50. The summed E-state index contributed by atoms with van der Waals surface area (Å²) in [6, 6.07) is 16.8. The van der Waals surface area contributed by atoms with E-state index < -0.39 is 18.1 Å². The third-order valence-corrected chi connectivity index (χ3v) is 9.60. The Hall–Kier alpha value is -5.24. The van der Waals surface area contributed by atoms with Crippen molar-refractivity contribution in [2.24, 2.45) is 5.41 Å². The minimum atomic E-state index is -0.737. The maximum atomic E-state index is 13.3. The number of esters is 1. The average molecular weight is 704 g/mol. The Morgan fingerprint density at radius 1 is 0.980 bits per heavy atom. The van der Waals surface area contributed by atoms with Gasteiger partial charge in [0, 0.05) is 28.3 Å². The second-order valence-electron chi connectivity index (χ2n) is 12.4. The molecule has 3 aromatic rings. The number of hydrogen-bond acceptors (Lipinski definition) is 10. The number of nitrogens with one attached hydrogen (secondary N) is 4. The van der Waals surface area contributed by atoms with Gasteiger partial charge in [0.25, 0.3) is 0 Å². The van der Waals surface area contributed by atoms with Crippen molar-refractivity contribution in [2.45, 2.75) is 64.8 Å². The predicted octanol–water partition coefficient (Wildman–Crippen LogP) is 4.15. The average Bonchev–Trinajstić information content (AvgIpc) is 3.40.